The predicted molar refractivity (Wildman–Crippen MR) is 137 cm³/mol. The fraction of sp³-hybridized carbons (Fsp3) is 0.414. The van der Waals surface area contributed by atoms with Gasteiger partial charge in [-0.1, -0.05) is 32.0 Å². The normalized spacial score (nSPS) is 16.8. The number of carbonyl (C=O) groups is 1. The van der Waals surface area contributed by atoms with Gasteiger partial charge in [-0.3, -0.25) is 9.69 Å². The molecule has 0 saturated carbocycles. The van der Waals surface area contributed by atoms with E-state index in [4.69, 9.17) is 14.2 Å². The fourth-order valence-corrected chi connectivity index (χ4v) is 5.64. The molecule has 0 fully saturated rings. The van der Waals surface area contributed by atoms with E-state index in [2.05, 4.69) is 67.1 Å². The molecule has 0 bridgehead atoms. The Morgan fingerprint density at radius 3 is 2.40 bits per heavy atom. The van der Waals surface area contributed by atoms with Gasteiger partial charge in [-0.15, -0.1) is 0 Å². The van der Waals surface area contributed by atoms with Crippen LogP contribution < -0.4 is 14.2 Å². The molecule has 2 aliphatic rings. The number of benzene rings is 3. The van der Waals surface area contributed by atoms with Crippen LogP contribution in [-0.4, -0.2) is 49.4 Å². The van der Waals surface area contributed by atoms with E-state index < -0.39 is 0 Å². The van der Waals surface area contributed by atoms with Crippen LogP contribution in [0.4, 0.5) is 0 Å². The maximum absolute atomic E-state index is 13.5. The van der Waals surface area contributed by atoms with Crippen molar-refractivity contribution in [3.63, 3.8) is 0 Å². The maximum Gasteiger partial charge on any atom is 0.231 e. The molecule has 2 unspecified atom stereocenters. The number of nitrogens with zero attached hydrogens (tertiary/aromatic N) is 2. The summed E-state index contributed by atoms with van der Waals surface area (Å²) in [5, 5.41) is 2.36. The highest BCUT2D eigenvalue weighted by Crippen LogP contribution is 2.37. The van der Waals surface area contributed by atoms with Gasteiger partial charge in [-0.25, -0.2) is 0 Å². The van der Waals surface area contributed by atoms with E-state index in [0.717, 1.165) is 47.5 Å². The first-order valence-corrected chi connectivity index (χ1v) is 12.5. The average molecular weight is 475 g/mol. The van der Waals surface area contributed by atoms with Gasteiger partial charge in [0.25, 0.3) is 0 Å². The minimum Gasteiger partial charge on any atom is -0.497 e. The molecule has 0 aliphatic carbocycles. The quantitative estimate of drug-likeness (QED) is 0.464. The Morgan fingerprint density at radius 1 is 0.971 bits per heavy atom. The van der Waals surface area contributed by atoms with E-state index in [1.807, 2.05) is 12.1 Å². The van der Waals surface area contributed by atoms with Crippen molar-refractivity contribution in [1.82, 2.24) is 9.80 Å². The molecule has 2 atom stereocenters. The summed E-state index contributed by atoms with van der Waals surface area (Å²) < 4.78 is 16.5. The highest BCUT2D eigenvalue weighted by molar-refractivity contribution is 5.84. The van der Waals surface area contributed by atoms with E-state index in [9.17, 15) is 4.79 Å². The molecule has 35 heavy (non-hydrogen) atoms. The molecule has 3 aromatic rings. The second-order valence-electron chi connectivity index (χ2n) is 9.44. The number of hydrogen-bond acceptors (Lipinski definition) is 5. The Labute approximate surface area is 207 Å². The lowest BCUT2D eigenvalue weighted by Crippen LogP contribution is -2.50. The zero-order valence-electron chi connectivity index (χ0n) is 21.0. The Morgan fingerprint density at radius 2 is 1.69 bits per heavy atom. The lowest BCUT2D eigenvalue weighted by Gasteiger charge is -2.41. The summed E-state index contributed by atoms with van der Waals surface area (Å²) in [6, 6.07) is 17.1. The molecule has 5 rings (SSSR count). The molecule has 0 aromatic heterocycles. The number of ether oxygens (including phenoxy) is 3. The summed E-state index contributed by atoms with van der Waals surface area (Å²) in [5.74, 6) is 2.56. The van der Waals surface area contributed by atoms with Gasteiger partial charge in [0.05, 0.1) is 19.7 Å². The Balaban J connectivity index is 1.39. The summed E-state index contributed by atoms with van der Waals surface area (Å²) in [5.41, 5.74) is 3.50. The minimum atomic E-state index is 0.0210. The van der Waals surface area contributed by atoms with Crippen LogP contribution in [-0.2, 0) is 17.6 Å². The van der Waals surface area contributed by atoms with Crippen LogP contribution in [0.3, 0.4) is 0 Å². The van der Waals surface area contributed by atoms with Gasteiger partial charge in [-0.2, -0.15) is 0 Å². The smallest absolute Gasteiger partial charge is 0.231 e. The Kier molecular flexibility index (Phi) is 6.56. The first-order chi connectivity index (χ1) is 17.0. The first-order valence-electron chi connectivity index (χ1n) is 12.5. The third kappa shape index (κ3) is 4.43. The summed E-state index contributed by atoms with van der Waals surface area (Å²) in [6.45, 7) is 5.33. The second-order valence-corrected chi connectivity index (χ2v) is 9.44. The number of carbonyl (C=O) groups excluding carboxylic acids is 1. The minimum absolute atomic E-state index is 0.0210. The number of methoxy groups -OCH3 is 1. The molecule has 2 heterocycles. The highest BCUT2D eigenvalue weighted by atomic mass is 16.7. The predicted octanol–water partition coefficient (Wildman–Crippen LogP) is 5.32. The van der Waals surface area contributed by atoms with E-state index in [1.54, 1.807) is 7.11 Å². The van der Waals surface area contributed by atoms with Crippen molar-refractivity contribution in [2.75, 3.05) is 27.5 Å². The van der Waals surface area contributed by atoms with E-state index in [1.165, 1.54) is 16.5 Å². The van der Waals surface area contributed by atoms with Gasteiger partial charge in [0.15, 0.2) is 11.5 Å². The standard InChI is InChI=1S/C29H34N2O4/c1-5-25(22-8-7-20-14-24(33-4)10-9-19(20)13-22)30(3)28(6-2)31-12-11-21-15-26-27(35-18-34-26)16-23(21)17-29(31)32/h7-10,13-16,25,28H,5-6,11-12,17-18H2,1-4H3. The largest absolute Gasteiger partial charge is 0.497 e. The number of amides is 1. The molecule has 0 spiro atoms. The monoisotopic (exact) mass is 474 g/mol. The zero-order chi connectivity index (χ0) is 24.5. The SMILES string of the molecule is CCC(c1ccc2cc(OC)ccc2c1)N(C)C(CC)N1CCc2cc3c(cc2CC1=O)OCO3. The number of rotatable bonds is 7. The molecular weight excluding hydrogens is 440 g/mol. The van der Waals surface area contributed by atoms with Crippen molar-refractivity contribution in [2.45, 2.75) is 51.7 Å². The third-order valence-electron chi connectivity index (χ3n) is 7.51. The van der Waals surface area contributed by atoms with Gasteiger partial charge in [0.1, 0.15) is 5.75 Å². The molecule has 6 heteroatoms. The van der Waals surface area contributed by atoms with Crippen molar-refractivity contribution in [3.8, 4) is 17.2 Å². The molecular formula is C29H34N2O4. The Bertz CT molecular complexity index is 1240. The molecule has 3 aromatic carbocycles. The lowest BCUT2D eigenvalue weighted by molar-refractivity contribution is -0.137. The Hall–Kier alpha value is -3.25. The topological polar surface area (TPSA) is 51.2 Å². The third-order valence-corrected chi connectivity index (χ3v) is 7.51. The van der Waals surface area contributed by atoms with Crippen LogP contribution in [0.25, 0.3) is 10.8 Å². The highest BCUT2D eigenvalue weighted by Gasteiger charge is 2.32. The molecule has 0 N–H and O–H groups in total. The number of fused-ring (bicyclic) bond motifs is 3. The number of hydrogen-bond donors (Lipinski definition) is 0. The van der Waals surface area contributed by atoms with Crippen molar-refractivity contribution < 1.29 is 19.0 Å². The summed E-state index contributed by atoms with van der Waals surface area (Å²) in [7, 11) is 3.85. The summed E-state index contributed by atoms with van der Waals surface area (Å²) >= 11 is 0. The first kappa shape index (κ1) is 23.5. The lowest BCUT2D eigenvalue weighted by atomic mass is 9.98. The molecule has 184 valence electrons. The van der Waals surface area contributed by atoms with Gasteiger partial charge < -0.3 is 19.1 Å². The molecule has 0 saturated heterocycles. The second kappa shape index (κ2) is 9.78. The maximum atomic E-state index is 13.5. The molecule has 2 aliphatic heterocycles. The average Bonchev–Trinajstić information content (AvgIpc) is 3.27. The van der Waals surface area contributed by atoms with Crippen LogP contribution in [0.5, 0.6) is 17.2 Å². The molecule has 6 nitrogen and oxygen atoms in total. The molecule has 1 amide bonds. The van der Waals surface area contributed by atoms with Crippen LogP contribution in [0.15, 0.2) is 48.5 Å². The van der Waals surface area contributed by atoms with Gasteiger partial charge in [0.2, 0.25) is 12.7 Å². The fourth-order valence-electron chi connectivity index (χ4n) is 5.64. The van der Waals surface area contributed by atoms with Crippen LogP contribution >= 0.6 is 0 Å². The zero-order valence-corrected chi connectivity index (χ0v) is 21.0. The van der Waals surface area contributed by atoms with Gasteiger partial charge >= 0.3 is 0 Å². The van der Waals surface area contributed by atoms with Crippen molar-refractivity contribution in [2.24, 2.45) is 0 Å². The van der Waals surface area contributed by atoms with E-state index in [-0.39, 0.29) is 24.9 Å². The summed E-state index contributed by atoms with van der Waals surface area (Å²) in [4.78, 5) is 17.9. The van der Waals surface area contributed by atoms with E-state index in [0.29, 0.717) is 13.0 Å². The van der Waals surface area contributed by atoms with Gasteiger partial charge in [0, 0.05) is 12.6 Å². The summed E-state index contributed by atoms with van der Waals surface area (Å²) in [6.07, 6.45) is 3.05. The van der Waals surface area contributed by atoms with Crippen LogP contribution in [0.1, 0.15) is 49.4 Å². The van der Waals surface area contributed by atoms with Crippen molar-refractivity contribution >= 4 is 16.7 Å². The van der Waals surface area contributed by atoms with Crippen molar-refractivity contribution in [3.05, 3.63) is 65.2 Å². The van der Waals surface area contributed by atoms with Crippen LogP contribution in [0, 0.1) is 0 Å². The van der Waals surface area contributed by atoms with Gasteiger partial charge in [-0.05, 0) is 84.1 Å². The molecule has 0 radical (unpaired) electrons. The van der Waals surface area contributed by atoms with Crippen molar-refractivity contribution in [1.29, 1.82) is 0 Å². The van der Waals surface area contributed by atoms with Crippen LogP contribution in [0.2, 0.25) is 0 Å². The van der Waals surface area contributed by atoms with E-state index >= 15 is 0 Å².